The smallest absolute Gasteiger partial charge is 0.261 e. The SMILES string of the molecule is O=S(=O)(Nc1ccc(-n2ccnc2)cc1)c1cccc(F)c1. The van der Waals surface area contributed by atoms with Crippen molar-refractivity contribution in [1.82, 2.24) is 9.55 Å². The summed E-state index contributed by atoms with van der Waals surface area (Å²) in [7, 11) is -3.81. The highest BCUT2D eigenvalue weighted by atomic mass is 32.2. The number of rotatable bonds is 4. The van der Waals surface area contributed by atoms with E-state index in [1.807, 2.05) is 0 Å². The van der Waals surface area contributed by atoms with E-state index in [-0.39, 0.29) is 4.90 Å². The van der Waals surface area contributed by atoms with E-state index in [9.17, 15) is 12.8 Å². The lowest BCUT2D eigenvalue weighted by molar-refractivity contribution is 0.595. The van der Waals surface area contributed by atoms with Crippen molar-refractivity contribution < 1.29 is 12.8 Å². The highest BCUT2D eigenvalue weighted by Gasteiger charge is 2.14. The molecule has 0 atom stereocenters. The Morgan fingerprint density at radius 1 is 1.09 bits per heavy atom. The molecule has 0 saturated carbocycles. The van der Waals surface area contributed by atoms with Gasteiger partial charge in [-0.2, -0.15) is 0 Å². The average molecular weight is 317 g/mol. The third-order valence-corrected chi connectivity index (χ3v) is 4.41. The van der Waals surface area contributed by atoms with Crippen molar-refractivity contribution in [3.8, 4) is 5.69 Å². The summed E-state index contributed by atoms with van der Waals surface area (Å²) in [5.41, 5.74) is 1.25. The largest absolute Gasteiger partial charge is 0.306 e. The molecule has 3 rings (SSSR count). The van der Waals surface area contributed by atoms with Crippen LogP contribution in [-0.4, -0.2) is 18.0 Å². The second kappa shape index (κ2) is 5.61. The Bertz CT molecular complexity index is 875. The minimum atomic E-state index is -3.81. The number of nitrogens with one attached hydrogen (secondary N) is 1. The van der Waals surface area contributed by atoms with Crippen molar-refractivity contribution in [2.24, 2.45) is 0 Å². The molecule has 0 amide bonds. The number of nitrogens with zero attached hydrogens (tertiary/aromatic N) is 2. The van der Waals surface area contributed by atoms with Gasteiger partial charge in [0.25, 0.3) is 10.0 Å². The van der Waals surface area contributed by atoms with E-state index in [4.69, 9.17) is 0 Å². The van der Waals surface area contributed by atoms with Crippen LogP contribution in [-0.2, 0) is 10.0 Å². The second-order valence-electron chi connectivity index (χ2n) is 4.58. The molecular weight excluding hydrogens is 305 g/mol. The van der Waals surface area contributed by atoms with E-state index in [0.717, 1.165) is 11.8 Å². The third-order valence-electron chi connectivity index (χ3n) is 3.03. The summed E-state index contributed by atoms with van der Waals surface area (Å²) in [5, 5.41) is 0. The van der Waals surface area contributed by atoms with Gasteiger partial charge in [-0.05, 0) is 42.5 Å². The molecule has 1 heterocycles. The maximum absolute atomic E-state index is 13.1. The van der Waals surface area contributed by atoms with E-state index in [1.165, 1.54) is 18.2 Å². The van der Waals surface area contributed by atoms with Crippen molar-refractivity contribution in [2.45, 2.75) is 4.90 Å². The van der Waals surface area contributed by atoms with Crippen LogP contribution in [0.1, 0.15) is 0 Å². The van der Waals surface area contributed by atoms with E-state index < -0.39 is 15.8 Å². The van der Waals surface area contributed by atoms with Crippen molar-refractivity contribution in [3.63, 3.8) is 0 Å². The van der Waals surface area contributed by atoms with Crippen molar-refractivity contribution in [3.05, 3.63) is 73.1 Å². The molecule has 0 radical (unpaired) electrons. The molecule has 112 valence electrons. The first-order valence-electron chi connectivity index (χ1n) is 6.41. The fourth-order valence-electron chi connectivity index (χ4n) is 1.96. The molecule has 0 aliphatic heterocycles. The molecule has 3 aromatic rings. The number of anilines is 1. The number of hydrogen-bond donors (Lipinski definition) is 1. The molecular formula is C15H12FN3O2S. The molecule has 2 aromatic carbocycles. The van der Waals surface area contributed by atoms with Crippen molar-refractivity contribution in [2.75, 3.05) is 4.72 Å². The van der Waals surface area contributed by atoms with Crippen LogP contribution in [0.4, 0.5) is 10.1 Å². The molecule has 0 fully saturated rings. The molecule has 0 aliphatic rings. The molecule has 1 aromatic heterocycles. The van der Waals surface area contributed by atoms with Crippen LogP contribution in [0.2, 0.25) is 0 Å². The van der Waals surface area contributed by atoms with Crippen molar-refractivity contribution >= 4 is 15.7 Å². The standard InChI is InChI=1S/C15H12FN3O2S/c16-12-2-1-3-15(10-12)22(20,21)18-13-4-6-14(7-5-13)19-9-8-17-11-19/h1-11,18H. The summed E-state index contributed by atoms with van der Waals surface area (Å²) in [6.45, 7) is 0. The van der Waals surface area contributed by atoms with Crippen LogP contribution in [0.5, 0.6) is 0 Å². The predicted octanol–water partition coefficient (Wildman–Crippen LogP) is 2.81. The Morgan fingerprint density at radius 3 is 2.50 bits per heavy atom. The normalized spacial score (nSPS) is 11.3. The van der Waals surface area contributed by atoms with E-state index >= 15 is 0 Å². The Hall–Kier alpha value is -2.67. The molecule has 5 nitrogen and oxygen atoms in total. The molecule has 0 bridgehead atoms. The lowest BCUT2D eigenvalue weighted by Crippen LogP contribution is -2.13. The van der Waals surface area contributed by atoms with E-state index in [2.05, 4.69) is 9.71 Å². The topological polar surface area (TPSA) is 64.0 Å². The molecule has 0 spiro atoms. The van der Waals surface area contributed by atoms with Gasteiger partial charge in [-0.3, -0.25) is 4.72 Å². The minimum absolute atomic E-state index is 0.119. The zero-order valence-corrected chi connectivity index (χ0v) is 12.2. The number of halogens is 1. The Kier molecular flexibility index (Phi) is 3.64. The van der Waals surface area contributed by atoms with Gasteiger partial charge >= 0.3 is 0 Å². The fourth-order valence-corrected chi connectivity index (χ4v) is 3.05. The van der Waals surface area contributed by atoms with Gasteiger partial charge in [-0.15, -0.1) is 0 Å². The second-order valence-corrected chi connectivity index (χ2v) is 6.26. The summed E-state index contributed by atoms with van der Waals surface area (Å²) in [5.74, 6) is -0.599. The molecule has 0 unspecified atom stereocenters. The highest BCUT2D eigenvalue weighted by molar-refractivity contribution is 7.92. The maximum atomic E-state index is 13.1. The summed E-state index contributed by atoms with van der Waals surface area (Å²) in [4.78, 5) is 3.82. The fraction of sp³-hybridized carbons (Fsp3) is 0. The summed E-state index contributed by atoms with van der Waals surface area (Å²) in [6.07, 6.45) is 5.08. The zero-order chi connectivity index (χ0) is 15.6. The van der Waals surface area contributed by atoms with Gasteiger partial charge in [-0.25, -0.2) is 17.8 Å². The van der Waals surface area contributed by atoms with Gasteiger partial charge in [0.05, 0.1) is 11.2 Å². The minimum Gasteiger partial charge on any atom is -0.306 e. The lowest BCUT2D eigenvalue weighted by atomic mass is 10.3. The molecule has 0 aliphatic carbocycles. The highest BCUT2D eigenvalue weighted by Crippen LogP contribution is 2.18. The number of aromatic nitrogens is 2. The van der Waals surface area contributed by atoms with Gasteiger partial charge in [0.2, 0.25) is 0 Å². The van der Waals surface area contributed by atoms with Gasteiger partial charge in [0.15, 0.2) is 0 Å². The van der Waals surface area contributed by atoms with Crippen LogP contribution in [0.25, 0.3) is 5.69 Å². The number of imidazole rings is 1. The predicted molar refractivity (Wildman–Crippen MR) is 80.8 cm³/mol. The van der Waals surface area contributed by atoms with Gasteiger partial charge in [0.1, 0.15) is 5.82 Å². The summed E-state index contributed by atoms with van der Waals surface area (Å²) in [6, 6.07) is 11.6. The first-order chi connectivity index (χ1) is 10.5. The Morgan fingerprint density at radius 2 is 1.86 bits per heavy atom. The van der Waals surface area contributed by atoms with Crippen LogP contribution in [0.3, 0.4) is 0 Å². The molecule has 7 heteroatoms. The summed E-state index contributed by atoms with van der Waals surface area (Å²) >= 11 is 0. The first-order valence-corrected chi connectivity index (χ1v) is 7.90. The van der Waals surface area contributed by atoms with Crippen molar-refractivity contribution in [1.29, 1.82) is 0 Å². The van der Waals surface area contributed by atoms with Crippen LogP contribution < -0.4 is 4.72 Å². The van der Waals surface area contributed by atoms with E-state index in [0.29, 0.717) is 5.69 Å². The van der Waals surface area contributed by atoms with Gasteiger partial charge in [-0.1, -0.05) is 6.07 Å². The van der Waals surface area contributed by atoms with E-state index in [1.54, 1.807) is 47.6 Å². The lowest BCUT2D eigenvalue weighted by Gasteiger charge is -2.09. The van der Waals surface area contributed by atoms with Crippen LogP contribution >= 0.6 is 0 Å². The average Bonchev–Trinajstić information content (AvgIpc) is 3.02. The van der Waals surface area contributed by atoms with Crippen LogP contribution in [0.15, 0.2) is 72.1 Å². The third kappa shape index (κ3) is 2.99. The first kappa shape index (κ1) is 14.3. The molecule has 1 N–H and O–H groups in total. The number of sulfonamides is 1. The Balaban J connectivity index is 1.84. The Labute approximate surface area is 127 Å². The zero-order valence-electron chi connectivity index (χ0n) is 11.3. The quantitative estimate of drug-likeness (QED) is 0.805. The maximum Gasteiger partial charge on any atom is 0.261 e. The van der Waals surface area contributed by atoms with Gasteiger partial charge in [0, 0.05) is 23.8 Å². The monoisotopic (exact) mass is 317 g/mol. The van der Waals surface area contributed by atoms with Gasteiger partial charge < -0.3 is 4.57 Å². The molecule has 22 heavy (non-hydrogen) atoms. The molecule has 0 saturated heterocycles. The summed E-state index contributed by atoms with van der Waals surface area (Å²) < 4.78 is 41.7. The van der Waals surface area contributed by atoms with Crippen LogP contribution in [0, 0.1) is 5.82 Å². The number of benzene rings is 2. The number of hydrogen-bond acceptors (Lipinski definition) is 3.